The van der Waals surface area contributed by atoms with Crippen LogP contribution in [0, 0.1) is 0 Å². The average Bonchev–Trinajstić information content (AvgIpc) is 3.30. The molecule has 0 fully saturated rings. The highest BCUT2D eigenvalue weighted by Gasteiger charge is 2.08. The molecule has 6 nitrogen and oxygen atoms in total. The van der Waals surface area contributed by atoms with Crippen molar-refractivity contribution in [2.45, 2.75) is 5.16 Å². The van der Waals surface area contributed by atoms with E-state index in [-0.39, 0.29) is 11.7 Å². The predicted molar refractivity (Wildman–Crippen MR) is 101 cm³/mol. The second-order valence-corrected chi connectivity index (χ2v) is 7.16. The number of thiazole rings is 1. The van der Waals surface area contributed by atoms with Gasteiger partial charge in [-0.05, 0) is 36.4 Å². The van der Waals surface area contributed by atoms with Crippen molar-refractivity contribution in [1.29, 1.82) is 0 Å². The molecule has 0 aliphatic rings. The van der Waals surface area contributed by atoms with Gasteiger partial charge in [0.05, 0.1) is 16.0 Å². The Morgan fingerprint density at radius 3 is 2.76 bits per heavy atom. The summed E-state index contributed by atoms with van der Waals surface area (Å²) in [7, 11) is 0. The molecular weight excluding hydrogens is 354 g/mol. The quantitative estimate of drug-likeness (QED) is 0.524. The van der Waals surface area contributed by atoms with Crippen LogP contribution in [-0.2, 0) is 4.79 Å². The van der Waals surface area contributed by atoms with Crippen molar-refractivity contribution in [3.8, 4) is 10.6 Å². The SMILES string of the molecule is O=C(CSc1nc[nH]n1)Nc1ccc(-c2nc3ccccc3s2)cc1. The molecule has 2 aromatic carbocycles. The van der Waals surface area contributed by atoms with Crippen LogP contribution in [0.1, 0.15) is 0 Å². The number of nitrogens with zero attached hydrogens (tertiary/aromatic N) is 3. The number of aromatic amines is 1. The predicted octanol–water partition coefficient (Wildman–Crippen LogP) is 3.81. The van der Waals surface area contributed by atoms with Crippen LogP contribution in [0.4, 0.5) is 5.69 Å². The number of nitrogens with one attached hydrogen (secondary N) is 2. The topological polar surface area (TPSA) is 83.6 Å². The molecule has 2 heterocycles. The number of thioether (sulfide) groups is 1. The van der Waals surface area contributed by atoms with Crippen LogP contribution in [0.15, 0.2) is 60.0 Å². The van der Waals surface area contributed by atoms with E-state index in [4.69, 9.17) is 0 Å². The zero-order valence-electron chi connectivity index (χ0n) is 13.0. The van der Waals surface area contributed by atoms with Crippen LogP contribution < -0.4 is 5.32 Å². The summed E-state index contributed by atoms with van der Waals surface area (Å²) in [5.41, 5.74) is 2.80. The van der Waals surface area contributed by atoms with E-state index in [9.17, 15) is 4.79 Å². The number of H-pyrrole nitrogens is 1. The second-order valence-electron chi connectivity index (χ2n) is 5.18. The van der Waals surface area contributed by atoms with E-state index in [2.05, 4.69) is 31.5 Å². The van der Waals surface area contributed by atoms with Gasteiger partial charge in [-0.2, -0.15) is 0 Å². The molecule has 0 atom stereocenters. The fourth-order valence-corrected chi connectivity index (χ4v) is 3.83. The average molecular weight is 367 g/mol. The van der Waals surface area contributed by atoms with Gasteiger partial charge < -0.3 is 5.32 Å². The first-order valence-electron chi connectivity index (χ1n) is 7.52. The summed E-state index contributed by atoms with van der Waals surface area (Å²) in [5.74, 6) is 0.167. The monoisotopic (exact) mass is 367 g/mol. The first-order chi connectivity index (χ1) is 12.3. The second kappa shape index (κ2) is 7.04. The van der Waals surface area contributed by atoms with Crippen LogP contribution in [0.2, 0.25) is 0 Å². The lowest BCUT2D eigenvalue weighted by molar-refractivity contribution is -0.113. The number of aromatic nitrogens is 4. The Bertz CT molecular complexity index is 963. The maximum atomic E-state index is 12.0. The third-order valence-corrected chi connectivity index (χ3v) is 5.38. The lowest BCUT2D eigenvalue weighted by atomic mass is 10.2. The number of anilines is 1. The van der Waals surface area contributed by atoms with Gasteiger partial charge in [-0.15, -0.1) is 16.4 Å². The molecule has 0 saturated heterocycles. The van der Waals surface area contributed by atoms with Gasteiger partial charge >= 0.3 is 0 Å². The number of amides is 1. The Kier molecular flexibility index (Phi) is 4.45. The summed E-state index contributed by atoms with van der Waals surface area (Å²) in [6.45, 7) is 0. The maximum absolute atomic E-state index is 12.0. The minimum Gasteiger partial charge on any atom is -0.325 e. The molecule has 2 aromatic heterocycles. The first-order valence-corrected chi connectivity index (χ1v) is 9.32. The molecule has 0 saturated carbocycles. The fraction of sp³-hybridized carbons (Fsp3) is 0.0588. The number of carbonyl (C=O) groups excluding carboxylic acids is 1. The van der Waals surface area contributed by atoms with Gasteiger partial charge in [-0.1, -0.05) is 23.9 Å². The molecule has 0 aliphatic heterocycles. The summed E-state index contributed by atoms with van der Waals surface area (Å²) >= 11 is 2.94. The highest BCUT2D eigenvalue weighted by Crippen LogP contribution is 2.30. The van der Waals surface area contributed by atoms with Crippen LogP contribution in [-0.4, -0.2) is 31.8 Å². The van der Waals surface area contributed by atoms with E-state index in [1.54, 1.807) is 11.3 Å². The third kappa shape index (κ3) is 3.70. The summed E-state index contributed by atoms with van der Waals surface area (Å²) in [6, 6.07) is 15.8. The number of benzene rings is 2. The van der Waals surface area contributed by atoms with Crippen molar-refractivity contribution in [2.75, 3.05) is 11.1 Å². The van der Waals surface area contributed by atoms with Gasteiger partial charge in [0, 0.05) is 11.3 Å². The van der Waals surface area contributed by atoms with E-state index in [1.165, 1.54) is 22.8 Å². The number of para-hydroxylation sites is 1. The molecule has 25 heavy (non-hydrogen) atoms. The lowest BCUT2D eigenvalue weighted by Crippen LogP contribution is -2.14. The van der Waals surface area contributed by atoms with Crippen molar-refractivity contribution in [2.24, 2.45) is 0 Å². The van der Waals surface area contributed by atoms with Crippen LogP contribution in [0.25, 0.3) is 20.8 Å². The number of carbonyl (C=O) groups is 1. The van der Waals surface area contributed by atoms with Gasteiger partial charge in [0.2, 0.25) is 11.1 Å². The van der Waals surface area contributed by atoms with Gasteiger partial charge in [-0.3, -0.25) is 9.89 Å². The van der Waals surface area contributed by atoms with Gasteiger partial charge in [0.15, 0.2) is 0 Å². The number of hydrogen-bond acceptors (Lipinski definition) is 6. The fourth-order valence-electron chi connectivity index (χ4n) is 2.29. The molecule has 0 radical (unpaired) electrons. The molecule has 8 heteroatoms. The smallest absolute Gasteiger partial charge is 0.234 e. The van der Waals surface area contributed by atoms with E-state index in [0.29, 0.717) is 5.16 Å². The van der Waals surface area contributed by atoms with Crippen molar-refractivity contribution in [3.05, 3.63) is 54.9 Å². The number of rotatable bonds is 5. The Hall–Kier alpha value is -2.71. The zero-order valence-corrected chi connectivity index (χ0v) is 14.6. The third-order valence-electron chi connectivity index (χ3n) is 3.43. The molecule has 0 unspecified atom stereocenters. The Balaban J connectivity index is 1.42. The first kappa shape index (κ1) is 15.8. The van der Waals surface area contributed by atoms with Crippen molar-refractivity contribution >= 4 is 44.9 Å². The van der Waals surface area contributed by atoms with E-state index in [0.717, 1.165) is 21.8 Å². The minimum absolute atomic E-state index is 0.0949. The normalized spacial score (nSPS) is 10.9. The molecule has 1 amide bonds. The van der Waals surface area contributed by atoms with E-state index < -0.39 is 0 Å². The van der Waals surface area contributed by atoms with E-state index in [1.807, 2.05) is 42.5 Å². The number of hydrogen-bond donors (Lipinski definition) is 2. The highest BCUT2D eigenvalue weighted by atomic mass is 32.2. The molecule has 124 valence electrons. The summed E-state index contributed by atoms with van der Waals surface area (Å²) < 4.78 is 1.17. The van der Waals surface area contributed by atoms with Crippen molar-refractivity contribution in [3.63, 3.8) is 0 Å². The van der Waals surface area contributed by atoms with Crippen molar-refractivity contribution in [1.82, 2.24) is 20.2 Å². The molecule has 0 spiro atoms. The van der Waals surface area contributed by atoms with Crippen molar-refractivity contribution < 1.29 is 4.79 Å². The van der Waals surface area contributed by atoms with Gasteiger partial charge in [0.25, 0.3) is 0 Å². The van der Waals surface area contributed by atoms with Crippen LogP contribution in [0.3, 0.4) is 0 Å². The molecule has 2 N–H and O–H groups in total. The standard InChI is InChI=1S/C17H13N5OS2/c23-15(9-24-17-18-10-19-22-17)20-12-7-5-11(6-8-12)16-21-13-3-1-2-4-14(13)25-16/h1-8,10H,9H2,(H,20,23)(H,18,19,22). The van der Waals surface area contributed by atoms with Gasteiger partial charge in [0.1, 0.15) is 11.3 Å². The molecule has 4 rings (SSSR count). The molecular formula is C17H13N5OS2. The zero-order chi connectivity index (χ0) is 17.1. The van der Waals surface area contributed by atoms with Crippen LogP contribution in [0.5, 0.6) is 0 Å². The van der Waals surface area contributed by atoms with Gasteiger partial charge in [-0.25, -0.2) is 9.97 Å². The number of fused-ring (bicyclic) bond motifs is 1. The molecule has 0 bridgehead atoms. The lowest BCUT2D eigenvalue weighted by Gasteiger charge is -2.05. The summed E-state index contributed by atoms with van der Waals surface area (Å²) in [6.07, 6.45) is 1.49. The largest absolute Gasteiger partial charge is 0.325 e. The Morgan fingerprint density at radius 1 is 1.16 bits per heavy atom. The highest BCUT2D eigenvalue weighted by molar-refractivity contribution is 7.99. The minimum atomic E-state index is -0.0949. The van der Waals surface area contributed by atoms with E-state index >= 15 is 0 Å². The summed E-state index contributed by atoms with van der Waals surface area (Å²) in [5, 5.41) is 10.9. The Labute approximate surface area is 151 Å². The Morgan fingerprint density at radius 2 is 2.00 bits per heavy atom. The maximum Gasteiger partial charge on any atom is 0.234 e. The summed E-state index contributed by atoms with van der Waals surface area (Å²) in [4.78, 5) is 20.6. The van der Waals surface area contributed by atoms with Crippen LogP contribution >= 0.6 is 23.1 Å². The molecule has 0 aliphatic carbocycles. The molecule has 4 aromatic rings.